The van der Waals surface area contributed by atoms with Gasteiger partial charge in [0.15, 0.2) is 0 Å². The van der Waals surface area contributed by atoms with Crippen LogP contribution in [0, 0.1) is 5.82 Å². The smallest absolute Gasteiger partial charge is 0.337 e. The quantitative estimate of drug-likeness (QED) is 0.627. The van der Waals surface area contributed by atoms with Crippen LogP contribution in [0.15, 0.2) is 42.5 Å². The lowest BCUT2D eigenvalue weighted by Gasteiger charge is -2.07. The van der Waals surface area contributed by atoms with Gasteiger partial charge in [-0.1, -0.05) is 12.1 Å². The number of halogens is 1. The number of rotatable bonds is 5. The van der Waals surface area contributed by atoms with Gasteiger partial charge in [0.1, 0.15) is 24.5 Å². The normalized spacial score (nSPS) is 10.0. The summed E-state index contributed by atoms with van der Waals surface area (Å²) in [5.74, 6) is -0.673. The van der Waals surface area contributed by atoms with E-state index in [9.17, 15) is 14.0 Å². The highest BCUT2D eigenvalue weighted by molar-refractivity contribution is 5.89. The first kappa shape index (κ1) is 14.7. The van der Waals surface area contributed by atoms with Gasteiger partial charge in [-0.05, 0) is 29.8 Å². The molecule has 21 heavy (non-hydrogen) atoms. The van der Waals surface area contributed by atoms with Crippen LogP contribution in [0.4, 0.5) is 4.39 Å². The Kier molecular flexibility index (Phi) is 4.66. The third-order valence-electron chi connectivity index (χ3n) is 2.81. The topological polar surface area (TPSA) is 52.6 Å². The lowest BCUT2D eigenvalue weighted by atomic mass is 10.1. The van der Waals surface area contributed by atoms with E-state index < -0.39 is 11.8 Å². The van der Waals surface area contributed by atoms with Crippen molar-refractivity contribution >= 4 is 12.3 Å². The van der Waals surface area contributed by atoms with Crippen LogP contribution in [0.2, 0.25) is 0 Å². The second-order valence-corrected chi connectivity index (χ2v) is 4.32. The van der Waals surface area contributed by atoms with Crippen LogP contribution in [-0.2, 0) is 11.3 Å². The van der Waals surface area contributed by atoms with Gasteiger partial charge in [0, 0.05) is 11.6 Å². The summed E-state index contributed by atoms with van der Waals surface area (Å²) in [5, 5.41) is 0. The Hall–Kier alpha value is -2.69. The van der Waals surface area contributed by atoms with Gasteiger partial charge in [0.2, 0.25) is 0 Å². The standard InChI is InChI=1S/C16H13FO4/c1-20-16(19)13-4-2-11(3-5-13)10-21-15-7-12(9-18)6-14(17)8-15/h2-9H,10H2,1H3. The Morgan fingerprint density at radius 1 is 1.19 bits per heavy atom. The number of carbonyl (C=O) groups is 2. The van der Waals surface area contributed by atoms with Gasteiger partial charge >= 0.3 is 5.97 Å². The summed E-state index contributed by atoms with van der Waals surface area (Å²) in [7, 11) is 1.31. The van der Waals surface area contributed by atoms with Gasteiger partial charge in [0.25, 0.3) is 0 Å². The Balaban J connectivity index is 2.04. The molecule has 0 heterocycles. The van der Waals surface area contributed by atoms with Crippen molar-refractivity contribution in [3.05, 3.63) is 65.0 Å². The lowest BCUT2D eigenvalue weighted by Crippen LogP contribution is -2.02. The molecule has 0 fully saturated rings. The predicted octanol–water partition coefficient (Wildman–Crippen LogP) is 3.00. The fourth-order valence-corrected chi connectivity index (χ4v) is 1.76. The van der Waals surface area contributed by atoms with Crippen molar-refractivity contribution in [1.29, 1.82) is 0 Å². The number of ether oxygens (including phenoxy) is 2. The average molecular weight is 288 g/mol. The number of esters is 1. The van der Waals surface area contributed by atoms with Gasteiger partial charge < -0.3 is 9.47 Å². The Bertz CT molecular complexity index is 650. The van der Waals surface area contributed by atoms with Crippen LogP contribution in [0.1, 0.15) is 26.3 Å². The molecule has 0 amide bonds. The molecule has 0 unspecified atom stereocenters. The third-order valence-corrected chi connectivity index (χ3v) is 2.81. The monoisotopic (exact) mass is 288 g/mol. The summed E-state index contributed by atoms with van der Waals surface area (Å²) in [5.41, 5.74) is 1.46. The van der Waals surface area contributed by atoms with Crippen LogP contribution < -0.4 is 4.74 Å². The van der Waals surface area contributed by atoms with Gasteiger partial charge in [-0.15, -0.1) is 0 Å². The molecule has 0 spiro atoms. The summed E-state index contributed by atoms with van der Waals surface area (Å²) in [6, 6.07) is 10.5. The number of benzene rings is 2. The summed E-state index contributed by atoms with van der Waals surface area (Å²) >= 11 is 0. The van der Waals surface area contributed by atoms with E-state index in [0.717, 1.165) is 11.6 Å². The number of aldehydes is 1. The molecule has 2 rings (SSSR count). The van der Waals surface area contributed by atoms with Crippen molar-refractivity contribution in [2.45, 2.75) is 6.61 Å². The molecule has 0 aliphatic carbocycles. The number of methoxy groups -OCH3 is 1. The maximum atomic E-state index is 13.2. The van der Waals surface area contributed by atoms with Crippen molar-refractivity contribution in [3.8, 4) is 5.75 Å². The van der Waals surface area contributed by atoms with Crippen LogP contribution in [0.5, 0.6) is 5.75 Å². The maximum Gasteiger partial charge on any atom is 0.337 e. The van der Waals surface area contributed by atoms with Crippen LogP contribution in [0.25, 0.3) is 0 Å². The van der Waals surface area contributed by atoms with E-state index in [0.29, 0.717) is 11.8 Å². The minimum absolute atomic E-state index is 0.198. The first-order valence-electron chi connectivity index (χ1n) is 6.18. The molecule has 0 N–H and O–H groups in total. The van der Waals surface area contributed by atoms with E-state index in [1.54, 1.807) is 24.3 Å². The zero-order valence-corrected chi connectivity index (χ0v) is 11.3. The first-order chi connectivity index (χ1) is 10.1. The summed E-state index contributed by atoms with van der Waals surface area (Å²) < 4.78 is 23.3. The number of carbonyl (C=O) groups excluding carboxylic acids is 2. The Morgan fingerprint density at radius 3 is 2.52 bits per heavy atom. The van der Waals surface area contributed by atoms with E-state index in [2.05, 4.69) is 4.74 Å². The molecule has 4 nitrogen and oxygen atoms in total. The summed E-state index contributed by atoms with van der Waals surface area (Å²) in [6.07, 6.45) is 0.557. The van der Waals surface area contributed by atoms with Crippen LogP contribution in [0.3, 0.4) is 0 Å². The molecular weight excluding hydrogens is 275 g/mol. The van der Waals surface area contributed by atoms with E-state index in [-0.39, 0.29) is 17.9 Å². The van der Waals surface area contributed by atoms with Gasteiger partial charge in [-0.3, -0.25) is 4.79 Å². The largest absolute Gasteiger partial charge is 0.489 e. The molecular formula is C16H13FO4. The zero-order chi connectivity index (χ0) is 15.2. The van der Waals surface area contributed by atoms with Crippen molar-refractivity contribution < 1.29 is 23.5 Å². The minimum Gasteiger partial charge on any atom is -0.489 e. The minimum atomic E-state index is -0.532. The van der Waals surface area contributed by atoms with E-state index >= 15 is 0 Å². The Morgan fingerprint density at radius 2 is 1.90 bits per heavy atom. The molecule has 108 valence electrons. The molecule has 0 bridgehead atoms. The van der Waals surface area contributed by atoms with E-state index in [1.165, 1.54) is 19.2 Å². The fraction of sp³-hybridized carbons (Fsp3) is 0.125. The number of hydrogen-bond acceptors (Lipinski definition) is 4. The van der Waals surface area contributed by atoms with Crippen molar-refractivity contribution in [3.63, 3.8) is 0 Å². The second-order valence-electron chi connectivity index (χ2n) is 4.32. The molecule has 2 aromatic rings. The highest BCUT2D eigenvalue weighted by Crippen LogP contribution is 2.17. The van der Waals surface area contributed by atoms with Crippen molar-refractivity contribution in [2.24, 2.45) is 0 Å². The van der Waals surface area contributed by atoms with E-state index in [4.69, 9.17) is 4.74 Å². The van der Waals surface area contributed by atoms with Crippen LogP contribution >= 0.6 is 0 Å². The SMILES string of the molecule is COC(=O)c1ccc(COc2cc(F)cc(C=O)c2)cc1. The molecule has 2 aromatic carbocycles. The average Bonchev–Trinajstić information content (AvgIpc) is 2.52. The second kappa shape index (κ2) is 6.65. The van der Waals surface area contributed by atoms with Gasteiger partial charge in [-0.25, -0.2) is 9.18 Å². The van der Waals surface area contributed by atoms with Crippen LogP contribution in [-0.4, -0.2) is 19.4 Å². The molecule has 0 aliphatic heterocycles. The van der Waals surface area contributed by atoms with Crippen molar-refractivity contribution in [2.75, 3.05) is 7.11 Å². The predicted molar refractivity (Wildman–Crippen MR) is 73.9 cm³/mol. The summed E-state index contributed by atoms with van der Waals surface area (Å²) in [4.78, 5) is 21.9. The maximum absolute atomic E-state index is 13.2. The molecule has 0 aromatic heterocycles. The molecule has 0 aliphatic rings. The summed E-state index contributed by atoms with van der Waals surface area (Å²) in [6.45, 7) is 0.198. The molecule has 0 saturated carbocycles. The third kappa shape index (κ3) is 3.89. The Labute approximate surface area is 121 Å². The number of hydrogen-bond donors (Lipinski definition) is 0. The highest BCUT2D eigenvalue weighted by Gasteiger charge is 2.05. The zero-order valence-electron chi connectivity index (χ0n) is 11.3. The first-order valence-corrected chi connectivity index (χ1v) is 6.18. The molecule has 0 saturated heterocycles. The van der Waals surface area contributed by atoms with Gasteiger partial charge in [0.05, 0.1) is 12.7 Å². The molecule has 0 radical (unpaired) electrons. The van der Waals surface area contributed by atoms with Crippen molar-refractivity contribution in [1.82, 2.24) is 0 Å². The molecule has 5 heteroatoms. The van der Waals surface area contributed by atoms with Gasteiger partial charge in [-0.2, -0.15) is 0 Å². The highest BCUT2D eigenvalue weighted by atomic mass is 19.1. The molecule has 0 atom stereocenters. The van der Waals surface area contributed by atoms with E-state index in [1.807, 2.05) is 0 Å². The lowest BCUT2D eigenvalue weighted by molar-refractivity contribution is 0.0600. The fourth-order valence-electron chi connectivity index (χ4n) is 1.76.